The number of nitrogens with zero attached hydrogens (tertiary/aromatic N) is 1. The highest BCUT2D eigenvalue weighted by Crippen LogP contribution is 2.51. The summed E-state index contributed by atoms with van der Waals surface area (Å²) in [6, 6.07) is 0.475. The van der Waals surface area contributed by atoms with Gasteiger partial charge < -0.3 is 21.7 Å². The molecule has 0 spiro atoms. The van der Waals surface area contributed by atoms with Crippen LogP contribution in [0.3, 0.4) is 0 Å². The Hall–Kier alpha value is -1.27. The van der Waals surface area contributed by atoms with E-state index in [1.165, 1.54) is 24.2 Å². The molecule has 0 bridgehead atoms. The van der Waals surface area contributed by atoms with Crippen LogP contribution in [0.4, 0.5) is 10.7 Å². The van der Waals surface area contributed by atoms with Crippen LogP contribution in [0.5, 0.6) is 0 Å². The van der Waals surface area contributed by atoms with Crippen molar-refractivity contribution >= 4 is 27.9 Å². The standard InChI is InChI=1S/C14H22N4OS/c1-18-6-4-9(5-7-18)17-14-10(8-2-3-8)11(15)12(20-14)13(16)19/h8-9,17H,2-7,15H2,1H3,(H2,16,19). The van der Waals surface area contributed by atoms with Gasteiger partial charge in [-0.25, -0.2) is 0 Å². The van der Waals surface area contributed by atoms with Crippen LogP contribution in [0.25, 0.3) is 0 Å². The predicted octanol–water partition coefficient (Wildman–Crippen LogP) is 1.81. The zero-order valence-corrected chi connectivity index (χ0v) is 12.6. The first-order valence-corrected chi connectivity index (χ1v) is 8.05. The fourth-order valence-electron chi connectivity index (χ4n) is 2.86. The smallest absolute Gasteiger partial charge is 0.260 e. The molecule has 1 aromatic heterocycles. The van der Waals surface area contributed by atoms with Gasteiger partial charge >= 0.3 is 0 Å². The van der Waals surface area contributed by atoms with Gasteiger partial charge in [-0.3, -0.25) is 4.79 Å². The van der Waals surface area contributed by atoms with Gasteiger partial charge in [0.1, 0.15) is 4.88 Å². The second kappa shape index (κ2) is 5.26. The van der Waals surface area contributed by atoms with Crippen LogP contribution in [0, 0.1) is 0 Å². The number of hydrogen-bond acceptors (Lipinski definition) is 5. The van der Waals surface area contributed by atoms with Crippen LogP contribution < -0.4 is 16.8 Å². The number of amides is 1. The Morgan fingerprint density at radius 1 is 1.30 bits per heavy atom. The van der Waals surface area contributed by atoms with Gasteiger partial charge in [-0.05, 0) is 51.7 Å². The molecule has 2 fully saturated rings. The van der Waals surface area contributed by atoms with Gasteiger partial charge in [0.15, 0.2) is 0 Å². The lowest BCUT2D eigenvalue weighted by Gasteiger charge is -2.30. The SMILES string of the molecule is CN1CCC(Nc2sc(C(N)=O)c(N)c2C2CC2)CC1. The molecule has 1 aromatic rings. The molecule has 0 atom stereocenters. The van der Waals surface area contributed by atoms with E-state index in [-0.39, 0.29) is 0 Å². The van der Waals surface area contributed by atoms with Gasteiger partial charge in [-0.15, -0.1) is 11.3 Å². The summed E-state index contributed by atoms with van der Waals surface area (Å²) in [6.07, 6.45) is 4.59. The number of nitrogens with two attached hydrogens (primary N) is 2. The Morgan fingerprint density at radius 3 is 2.50 bits per heavy atom. The van der Waals surface area contributed by atoms with E-state index < -0.39 is 5.91 Å². The molecule has 3 rings (SSSR count). The molecule has 5 nitrogen and oxygen atoms in total. The van der Waals surface area contributed by atoms with Crippen molar-refractivity contribution < 1.29 is 4.79 Å². The van der Waals surface area contributed by atoms with Crippen molar-refractivity contribution in [2.75, 3.05) is 31.2 Å². The fourth-order valence-corrected chi connectivity index (χ4v) is 4.00. The maximum Gasteiger partial charge on any atom is 0.260 e. The second-order valence-electron chi connectivity index (χ2n) is 5.95. The summed E-state index contributed by atoms with van der Waals surface area (Å²) >= 11 is 1.43. The van der Waals surface area contributed by atoms with Gasteiger partial charge in [0.25, 0.3) is 5.91 Å². The summed E-state index contributed by atoms with van der Waals surface area (Å²) in [5.41, 5.74) is 13.3. The molecule has 1 aliphatic carbocycles. The molecule has 110 valence electrons. The third-order valence-electron chi connectivity index (χ3n) is 4.25. The summed E-state index contributed by atoms with van der Waals surface area (Å²) < 4.78 is 0. The third-order valence-corrected chi connectivity index (χ3v) is 5.41. The van der Waals surface area contributed by atoms with Gasteiger partial charge in [-0.2, -0.15) is 0 Å². The van der Waals surface area contributed by atoms with Crippen molar-refractivity contribution in [1.82, 2.24) is 4.90 Å². The zero-order chi connectivity index (χ0) is 14.3. The summed E-state index contributed by atoms with van der Waals surface area (Å²) in [6.45, 7) is 2.22. The van der Waals surface area contributed by atoms with Crippen molar-refractivity contribution in [3.05, 3.63) is 10.4 Å². The van der Waals surface area contributed by atoms with Crippen LogP contribution in [-0.2, 0) is 0 Å². The number of likely N-dealkylation sites (tertiary alicyclic amines) is 1. The van der Waals surface area contributed by atoms with E-state index in [4.69, 9.17) is 11.5 Å². The highest BCUT2D eigenvalue weighted by molar-refractivity contribution is 7.18. The summed E-state index contributed by atoms with van der Waals surface area (Å²) in [5, 5.41) is 4.69. The lowest BCUT2D eigenvalue weighted by atomic mass is 10.0. The molecule has 2 heterocycles. The normalized spacial score (nSPS) is 21.1. The van der Waals surface area contributed by atoms with Crippen molar-refractivity contribution in [3.8, 4) is 0 Å². The first-order chi connectivity index (χ1) is 9.56. The number of carbonyl (C=O) groups excluding carboxylic acids is 1. The van der Waals surface area contributed by atoms with E-state index in [9.17, 15) is 4.79 Å². The van der Waals surface area contributed by atoms with Crippen LogP contribution in [-0.4, -0.2) is 37.0 Å². The fraction of sp³-hybridized carbons (Fsp3) is 0.643. The van der Waals surface area contributed by atoms with E-state index in [1.54, 1.807) is 0 Å². The van der Waals surface area contributed by atoms with E-state index in [2.05, 4.69) is 17.3 Å². The van der Waals surface area contributed by atoms with Crippen LogP contribution in [0.15, 0.2) is 0 Å². The van der Waals surface area contributed by atoms with Crippen LogP contribution in [0.2, 0.25) is 0 Å². The van der Waals surface area contributed by atoms with E-state index in [0.717, 1.165) is 36.5 Å². The average molecular weight is 294 g/mol. The van der Waals surface area contributed by atoms with E-state index in [1.807, 2.05) is 0 Å². The summed E-state index contributed by atoms with van der Waals surface area (Å²) in [7, 11) is 2.15. The minimum atomic E-state index is -0.411. The molecular weight excluding hydrogens is 272 g/mol. The zero-order valence-electron chi connectivity index (χ0n) is 11.8. The molecule has 1 saturated carbocycles. The van der Waals surface area contributed by atoms with Crippen LogP contribution in [0.1, 0.15) is 46.8 Å². The van der Waals surface area contributed by atoms with Crippen LogP contribution >= 0.6 is 11.3 Å². The monoisotopic (exact) mass is 294 g/mol. The number of nitrogen functional groups attached to an aromatic ring is 1. The van der Waals surface area contributed by atoms with Gasteiger partial charge in [0, 0.05) is 11.6 Å². The highest BCUT2D eigenvalue weighted by Gasteiger charge is 2.33. The molecule has 1 saturated heterocycles. The number of carbonyl (C=O) groups is 1. The predicted molar refractivity (Wildman–Crippen MR) is 83.4 cm³/mol. The largest absolute Gasteiger partial charge is 0.397 e. The molecule has 0 aromatic carbocycles. The number of rotatable bonds is 4. The topological polar surface area (TPSA) is 84.4 Å². The molecule has 20 heavy (non-hydrogen) atoms. The minimum Gasteiger partial charge on any atom is -0.397 e. The molecule has 6 heteroatoms. The summed E-state index contributed by atoms with van der Waals surface area (Å²) in [4.78, 5) is 14.3. The maximum absolute atomic E-state index is 11.5. The van der Waals surface area contributed by atoms with Crippen molar-refractivity contribution in [2.45, 2.75) is 37.6 Å². The van der Waals surface area contributed by atoms with Crippen molar-refractivity contribution in [1.29, 1.82) is 0 Å². The number of thiophene rings is 1. The number of anilines is 2. The first kappa shape index (κ1) is 13.7. The number of nitrogens with one attached hydrogen (secondary N) is 1. The molecule has 2 aliphatic rings. The van der Waals surface area contributed by atoms with Crippen molar-refractivity contribution in [2.24, 2.45) is 5.73 Å². The average Bonchev–Trinajstić information content (AvgIpc) is 3.17. The molecule has 1 aliphatic heterocycles. The Labute approximate surface area is 123 Å². The molecule has 0 unspecified atom stereocenters. The summed E-state index contributed by atoms with van der Waals surface area (Å²) in [5.74, 6) is 0.110. The Bertz CT molecular complexity index is 515. The highest BCUT2D eigenvalue weighted by atomic mass is 32.1. The Kier molecular flexibility index (Phi) is 3.60. The van der Waals surface area contributed by atoms with Gasteiger partial charge in [-0.1, -0.05) is 0 Å². The third kappa shape index (κ3) is 2.62. The quantitative estimate of drug-likeness (QED) is 0.790. The maximum atomic E-state index is 11.5. The first-order valence-electron chi connectivity index (χ1n) is 7.23. The number of piperidine rings is 1. The molecule has 1 amide bonds. The number of hydrogen-bond donors (Lipinski definition) is 3. The van der Waals surface area contributed by atoms with E-state index in [0.29, 0.717) is 22.5 Å². The van der Waals surface area contributed by atoms with Gasteiger partial charge in [0.05, 0.1) is 10.7 Å². The molecular formula is C14H22N4OS. The lowest BCUT2D eigenvalue weighted by Crippen LogP contribution is -2.36. The van der Waals surface area contributed by atoms with E-state index >= 15 is 0 Å². The second-order valence-corrected chi connectivity index (χ2v) is 6.97. The Morgan fingerprint density at radius 2 is 1.95 bits per heavy atom. The minimum absolute atomic E-state index is 0.411. The molecule has 5 N–H and O–H groups in total. The van der Waals surface area contributed by atoms with Crippen molar-refractivity contribution in [3.63, 3.8) is 0 Å². The number of primary amides is 1. The Balaban J connectivity index is 1.81. The lowest BCUT2D eigenvalue weighted by molar-refractivity contribution is 0.100. The molecule has 0 radical (unpaired) electrons. The van der Waals surface area contributed by atoms with Gasteiger partial charge in [0.2, 0.25) is 0 Å².